The molecule has 0 N–H and O–H groups in total. The average molecular weight is 489 g/mol. The smallest absolute Gasteiger partial charge is 0.112 e. The molecule has 1 aromatic heterocycles. The fourth-order valence-corrected chi connectivity index (χ4v) is 5.92. The summed E-state index contributed by atoms with van der Waals surface area (Å²) in [5, 5.41) is 0. The van der Waals surface area contributed by atoms with E-state index >= 15 is 0 Å². The molecule has 4 heterocycles. The number of fused-ring (bicyclic) bond motifs is 1. The Balaban J connectivity index is 1.25. The molecule has 0 atom stereocenters. The second kappa shape index (κ2) is 9.69. The first-order valence-corrected chi connectivity index (χ1v) is 13.6. The molecule has 3 saturated heterocycles. The summed E-state index contributed by atoms with van der Waals surface area (Å²) in [6, 6.07) is 15.1. The third-order valence-corrected chi connectivity index (χ3v) is 8.59. The number of anilines is 2. The molecule has 3 aliphatic rings. The van der Waals surface area contributed by atoms with Crippen molar-refractivity contribution in [1.82, 2.24) is 19.4 Å². The Hall–Kier alpha value is -2.61. The predicted octanol–water partition coefficient (Wildman–Crippen LogP) is 3.60. The van der Waals surface area contributed by atoms with Crippen LogP contribution in [0.5, 0.6) is 0 Å². The van der Waals surface area contributed by atoms with E-state index in [1.165, 1.54) is 28.0 Å². The first-order chi connectivity index (χ1) is 17.5. The minimum atomic E-state index is 0.613. The number of hydrogen-bond acceptors (Lipinski definition) is 6. The topological polar surface area (TPSA) is 40.0 Å². The highest BCUT2D eigenvalue weighted by Crippen LogP contribution is 2.35. The fraction of sp³-hybridized carbons (Fsp3) is 0.552. The van der Waals surface area contributed by atoms with E-state index in [2.05, 4.69) is 88.4 Å². The van der Waals surface area contributed by atoms with Crippen molar-refractivity contribution in [2.45, 2.75) is 32.9 Å². The molecule has 3 fully saturated rings. The van der Waals surface area contributed by atoms with Gasteiger partial charge >= 0.3 is 0 Å². The van der Waals surface area contributed by atoms with E-state index in [0.717, 1.165) is 76.9 Å². The second-order valence-electron chi connectivity index (χ2n) is 11.0. The van der Waals surface area contributed by atoms with Crippen LogP contribution < -0.4 is 9.80 Å². The Morgan fingerprint density at radius 3 is 2.11 bits per heavy atom. The Morgan fingerprint density at radius 2 is 1.50 bits per heavy atom. The highest BCUT2D eigenvalue weighted by atomic mass is 16.5. The lowest BCUT2D eigenvalue weighted by Gasteiger charge is -2.43. The quantitative estimate of drug-likeness (QED) is 0.547. The highest BCUT2D eigenvalue weighted by molar-refractivity contribution is 5.94. The van der Waals surface area contributed by atoms with Crippen molar-refractivity contribution in [3.63, 3.8) is 0 Å². The van der Waals surface area contributed by atoms with Gasteiger partial charge in [-0.3, -0.25) is 9.80 Å². The Bertz CT molecular complexity index is 1200. The number of nitrogens with zero attached hydrogens (tertiary/aromatic N) is 6. The number of aromatic nitrogens is 2. The van der Waals surface area contributed by atoms with E-state index in [4.69, 9.17) is 9.72 Å². The predicted molar refractivity (Wildman–Crippen MR) is 148 cm³/mol. The molecule has 6 rings (SSSR count). The molecule has 0 unspecified atom stereocenters. The van der Waals surface area contributed by atoms with Crippen molar-refractivity contribution in [2.75, 3.05) is 75.4 Å². The summed E-state index contributed by atoms with van der Waals surface area (Å²) in [6.45, 7) is 17.2. The maximum absolute atomic E-state index is 5.43. The maximum atomic E-state index is 5.43. The van der Waals surface area contributed by atoms with E-state index in [1.54, 1.807) is 0 Å². The molecule has 0 aliphatic carbocycles. The zero-order valence-corrected chi connectivity index (χ0v) is 22.3. The minimum absolute atomic E-state index is 0.613. The van der Waals surface area contributed by atoms with Gasteiger partial charge in [-0.05, 0) is 56.2 Å². The van der Waals surface area contributed by atoms with Gasteiger partial charge in [0.2, 0.25) is 0 Å². The monoisotopic (exact) mass is 488 g/mol. The van der Waals surface area contributed by atoms with E-state index in [-0.39, 0.29) is 0 Å². The maximum Gasteiger partial charge on any atom is 0.112 e. The average Bonchev–Trinajstić information content (AvgIpc) is 3.16. The molecule has 7 nitrogen and oxygen atoms in total. The summed E-state index contributed by atoms with van der Waals surface area (Å²) < 4.78 is 7.65. The molecule has 0 bridgehead atoms. The van der Waals surface area contributed by atoms with Gasteiger partial charge in [0, 0.05) is 71.1 Å². The number of rotatable bonds is 5. The highest BCUT2D eigenvalue weighted by Gasteiger charge is 2.30. The SMILES string of the molecule is Cc1nc2c(N3CCN(C4COC4)CC3)cc(-c3ccc(N4CCN(C(C)C)CC4)cc3)cc2n1C. The molecule has 36 heavy (non-hydrogen) atoms. The minimum Gasteiger partial charge on any atom is -0.378 e. The zero-order valence-electron chi connectivity index (χ0n) is 22.3. The Labute approximate surface area is 215 Å². The number of hydrogen-bond donors (Lipinski definition) is 0. The molecule has 192 valence electrons. The normalized spacial score (nSPS) is 20.5. The van der Waals surface area contributed by atoms with Crippen LogP contribution in [0.1, 0.15) is 19.7 Å². The van der Waals surface area contributed by atoms with Crippen LogP contribution in [0.2, 0.25) is 0 Å². The van der Waals surface area contributed by atoms with Gasteiger partial charge in [-0.2, -0.15) is 0 Å². The van der Waals surface area contributed by atoms with Crippen molar-refractivity contribution >= 4 is 22.4 Å². The van der Waals surface area contributed by atoms with Crippen LogP contribution in [0.4, 0.5) is 11.4 Å². The Morgan fingerprint density at radius 1 is 0.833 bits per heavy atom. The summed E-state index contributed by atoms with van der Waals surface area (Å²) >= 11 is 0. The summed E-state index contributed by atoms with van der Waals surface area (Å²) in [5.74, 6) is 1.06. The summed E-state index contributed by atoms with van der Waals surface area (Å²) in [4.78, 5) is 15.2. The molecule has 0 radical (unpaired) electrons. The van der Waals surface area contributed by atoms with Crippen molar-refractivity contribution < 1.29 is 4.74 Å². The third-order valence-electron chi connectivity index (χ3n) is 8.59. The lowest BCUT2D eigenvalue weighted by molar-refractivity contribution is -0.0660. The van der Waals surface area contributed by atoms with E-state index in [0.29, 0.717) is 12.1 Å². The van der Waals surface area contributed by atoms with Crippen LogP contribution in [-0.2, 0) is 11.8 Å². The number of aryl methyl sites for hydroxylation is 2. The van der Waals surface area contributed by atoms with E-state index in [1.807, 2.05) is 0 Å². The molecule has 0 spiro atoms. The summed E-state index contributed by atoms with van der Waals surface area (Å²) in [5.41, 5.74) is 7.47. The molecular weight excluding hydrogens is 448 g/mol. The molecule has 3 aliphatic heterocycles. The summed E-state index contributed by atoms with van der Waals surface area (Å²) in [6.07, 6.45) is 0. The van der Waals surface area contributed by atoms with Crippen molar-refractivity contribution in [1.29, 1.82) is 0 Å². The number of ether oxygens (including phenoxy) is 1. The van der Waals surface area contributed by atoms with Gasteiger partial charge in [-0.15, -0.1) is 0 Å². The largest absolute Gasteiger partial charge is 0.378 e. The molecule has 3 aromatic rings. The van der Waals surface area contributed by atoms with Crippen LogP contribution in [0.3, 0.4) is 0 Å². The standard InChI is InChI=1S/C29H40N6O/c1-21(2)32-9-11-33(12-10-32)25-7-5-23(6-8-25)24-17-27-29(30-22(3)31(27)4)28(18-24)35-15-13-34(14-16-35)26-19-36-20-26/h5-8,17-18,21,26H,9-16,19-20H2,1-4H3. The van der Waals surface area contributed by atoms with Gasteiger partial charge in [0.05, 0.1) is 30.5 Å². The van der Waals surface area contributed by atoms with E-state index in [9.17, 15) is 0 Å². The van der Waals surface area contributed by atoms with Crippen molar-refractivity contribution in [2.24, 2.45) is 7.05 Å². The van der Waals surface area contributed by atoms with Crippen molar-refractivity contribution in [3.8, 4) is 11.1 Å². The van der Waals surface area contributed by atoms with Gasteiger partial charge in [0.25, 0.3) is 0 Å². The first-order valence-electron chi connectivity index (χ1n) is 13.6. The van der Waals surface area contributed by atoms with Gasteiger partial charge in [0.15, 0.2) is 0 Å². The zero-order chi connectivity index (χ0) is 24.8. The van der Waals surface area contributed by atoms with Crippen molar-refractivity contribution in [3.05, 3.63) is 42.2 Å². The number of imidazole rings is 1. The van der Waals surface area contributed by atoms with Gasteiger partial charge in [0.1, 0.15) is 11.3 Å². The molecule has 0 amide bonds. The third kappa shape index (κ3) is 4.38. The van der Waals surface area contributed by atoms with Gasteiger partial charge in [-0.25, -0.2) is 4.98 Å². The summed E-state index contributed by atoms with van der Waals surface area (Å²) in [7, 11) is 2.13. The second-order valence-corrected chi connectivity index (χ2v) is 11.0. The van der Waals surface area contributed by atoms with E-state index < -0.39 is 0 Å². The molecule has 7 heteroatoms. The van der Waals surface area contributed by atoms with Crippen LogP contribution in [0, 0.1) is 6.92 Å². The van der Waals surface area contributed by atoms with Gasteiger partial charge in [-0.1, -0.05) is 12.1 Å². The van der Waals surface area contributed by atoms with Crippen LogP contribution >= 0.6 is 0 Å². The Kier molecular flexibility index (Phi) is 6.40. The van der Waals surface area contributed by atoms with Crippen LogP contribution in [0.25, 0.3) is 22.2 Å². The number of piperazine rings is 2. The van der Waals surface area contributed by atoms with Crippen LogP contribution in [0.15, 0.2) is 36.4 Å². The number of benzene rings is 2. The lowest BCUT2D eigenvalue weighted by atomic mass is 10.0. The first kappa shape index (κ1) is 23.8. The lowest BCUT2D eigenvalue weighted by Crippen LogP contribution is -2.56. The van der Waals surface area contributed by atoms with Gasteiger partial charge < -0.3 is 19.1 Å². The molecule has 2 aromatic carbocycles. The fourth-order valence-electron chi connectivity index (χ4n) is 5.92. The molecule has 0 saturated carbocycles. The molecular formula is C29H40N6O. The van der Waals surface area contributed by atoms with Crippen LogP contribution in [-0.4, -0.2) is 97.0 Å².